The Balaban J connectivity index is 1.51. The van der Waals surface area contributed by atoms with Crippen LogP contribution in [0, 0.1) is 0 Å². The molecule has 0 spiro atoms. The first-order valence-corrected chi connectivity index (χ1v) is 13.2. The average Bonchev–Trinajstić information content (AvgIpc) is 2.89. The van der Waals surface area contributed by atoms with E-state index in [2.05, 4.69) is 5.32 Å². The summed E-state index contributed by atoms with van der Waals surface area (Å²) in [6.45, 7) is 1.25. The summed E-state index contributed by atoms with van der Waals surface area (Å²) in [5.41, 5.74) is 1.46. The Morgan fingerprint density at radius 2 is 1.77 bits per heavy atom. The second kappa shape index (κ2) is 11.1. The van der Waals surface area contributed by atoms with Gasteiger partial charge in [-0.15, -0.1) is 0 Å². The fourth-order valence-electron chi connectivity index (χ4n) is 3.90. The fraction of sp³-hybridized carbons (Fsp3) is 0.269. The molecule has 4 rings (SSSR count). The van der Waals surface area contributed by atoms with Crippen molar-refractivity contribution in [2.45, 2.75) is 30.8 Å². The molecular formula is C26H27ClN2O5S. The number of methoxy groups -OCH3 is 1. The summed E-state index contributed by atoms with van der Waals surface area (Å²) in [5.74, 6) is 0.451. The van der Waals surface area contributed by atoms with Crippen molar-refractivity contribution in [2.75, 3.05) is 25.5 Å². The summed E-state index contributed by atoms with van der Waals surface area (Å²) in [6.07, 6.45) is 2.71. The number of rotatable bonds is 8. The number of benzene rings is 3. The van der Waals surface area contributed by atoms with Crippen LogP contribution in [0.2, 0.25) is 5.02 Å². The number of sulfonamides is 1. The largest absolute Gasteiger partial charge is 0.495 e. The predicted molar refractivity (Wildman–Crippen MR) is 136 cm³/mol. The molecule has 0 saturated carbocycles. The van der Waals surface area contributed by atoms with Crippen LogP contribution in [0.4, 0.5) is 5.69 Å². The van der Waals surface area contributed by atoms with Gasteiger partial charge in [0, 0.05) is 29.2 Å². The van der Waals surface area contributed by atoms with E-state index in [4.69, 9.17) is 21.1 Å². The molecule has 1 saturated heterocycles. The molecule has 1 aliphatic rings. The second-order valence-electron chi connectivity index (χ2n) is 8.19. The van der Waals surface area contributed by atoms with Crippen LogP contribution in [0.15, 0.2) is 71.6 Å². The van der Waals surface area contributed by atoms with E-state index in [0.717, 1.165) is 24.8 Å². The van der Waals surface area contributed by atoms with Crippen LogP contribution in [-0.4, -0.2) is 38.8 Å². The van der Waals surface area contributed by atoms with Gasteiger partial charge < -0.3 is 14.8 Å². The number of carbonyl (C=O) groups is 1. The van der Waals surface area contributed by atoms with Crippen molar-refractivity contribution in [2.24, 2.45) is 0 Å². The van der Waals surface area contributed by atoms with Gasteiger partial charge in [0.1, 0.15) is 18.1 Å². The molecule has 0 radical (unpaired) electrons. The molecule has 0 unspecified atom stereocenters. The first-order valence-electron chi connectivity index (χ1n) is 11.3. The zero-order valence-electron chi connectivity index (χ0n) is 19.4. The van der Waals surface area contributed by atoms with Crippen LogP contribution in [0.1, 0.15) is 35.2 Å². The monoisotopic (exact) mass is 514 g/mol. The molecule has 35 heavy (non-hydrogen) atoms. The maximum atomic E-state index is 13.1. The second-order valence-corrected chi connectivity index (χ2v) is 10.5. The third-order valence-electron chi connectivity index (χ3n) is 5.82. The van der Waals surface area contributed by atoms with E-state index in [1.165, 1.54) is 23.5 Å². The maximum absolute atomic E-state index is 13.1. The number of halogens is 1. The van der Waals surface area contributed by atoms with Crippen LogP contribution in [0.5, 0.6) is 11.5 Å². The van der Waals surface area contributed by atoms with Gasteiger partial charge in [-0.05, 0) is 55.3 Å². The van der Waals surface area contributed by atoms with Gasteiger partial charge in [0.2, 0.25) is 10.0 Å². The summed E-state index contributed by atoms with van der Waals surface area (Å²) in [6, 6.07) is 18.6. The highest BCUT2D eigenvalue weighted by molar-refractivity contribution is 7.89. The summed E-state index contributed by atoms with van der Waals surface area (Å²) >= 11 is 6.18. The molecule has 0 bridgehead atoms. The van der Waals surface area contributed by atoms with Crippen molar-refractivity contribution in [1.29, 1.82) is 0 Å². The van der Waals surface area contributed by atoms with Gasteiger partial charge in [-0.25, -0.2) is 8.42 Å². The Morgan fingerprint density at radius 1 is 1.00 bits per heavy atom. The van der Waals surface area contributed by atoms with E-state index >= 15 is 0 Å². The zero-order valence-corrected chi connectivity index (χ0v) is 20.9. The van der Waals surface area contributed by atoms with Gasteiger partial charge in [-0.3, -0.25) is 4.79 Å². The van der Waals surface area contributed by atoms with Crippen molar-refractivity contribution < 1.29 is 22.7 Å². The van der Waals surface area contributed by atoms with E-state index in [9.17, 15) is 13.2 Å². The number of piperidine rings is 1. The summed E-state index contributed by atoms with van der Waals surface area (Å²) in [7, 11) is -2.19. The predicted octanol–water partition coefficient (Wildman–Crippen LogP) is 5.35. The number of hydrogen-bond donors (Lipinski definition) is 1. The highest BCUT2D eigenvalue weighted by Crippen LogP contribution is 2.30. The van der Waals surface area contributed by atoms with Gasteiger partial charge >= 0.3 is 0 Å². The minimum Gasteiger partial charge on any atom is -0.495 e. The van der Waals surface area contributed by atoms with Crippen molar-refractivity contribution in [1.82, 2.24) is 4.31 Å². The van der Waals surface area contributed by atoms with Gasteiger partial charge in [0.15, 0.2) is 0 Å². The molecule has 1 N–H and O–H groups in total. The third-order valence-corrected chi connectivity index (χ3v) is 8.08. The minimum atomic E-state index is -3.66. The molecule has 184 valence electrons. The third kappa shape index (κ3) is 5.96. The number of nitrogens with zero attached hydrogens (tertiary/aromatic N) is 1. The molecule has 7 nitrogen and oxygen atoms in total. The molecule has 1 aliphatic heterocycles. The standard InChI is InChI=1S/C26H27ClN2O5S/c1-33-25-13-12-22(35(31,32)29-14-5-2-6-15-29)17-24(25)28-26(30)19-9-7-10-21(16-19)34-18-20-8-3-4-11-23(20)27/h3-4,7-13,16-17H,2,5-6,14-15,18H2,1H3,(H,28,30). The Morgan fingerprint density at radius 3 is 2.51 bits per heavy atom. The lowest BCUT2D eigenvalue weighted by Gasteiger charge is -2.26. The zero-order chi connectivity index (χ0) is 24.8. The van der Waals surface area contributed by atoms with Crippen molar-refractivity contribution in [3.63, 3.8) is 0 Å². The lowest BCUT2D eigenvalue weighted by molar-refractivity contribution is 0.102. The first-order chi connectivity index (χ1) is 16.9. The van der Waals surface area contributed by atoms with E-state index in [-0.39, 0.29) is 17.2 Å². The average molecular weight is 515 g/mol. The highest BCUT2D eigenvalue weighted by Gasteiger charge is 2.27. The topological polar surface area (TPSA) is 84.9 Å². The van der Waals surface area contributed by atoms with Crippen LogP contribution in [0.25, 0.3) is 0 Å². The van der Waals surface area contributed by atoms with Gasteiger partial charge in [-0.2, -0.15) is 4.31 Å². The molecule has 3 aromatic rings. The first kappa shape index (κ1) is 25.0. The molecule has 0 aromatic heterocycles. The van der Waals surface area contributed by atoms with E-state index in [1.54, 1.807) is 36.4 Å². The van der Waals surface area contributed by atoms with Gasteiger partial charge in [-0.1, -0.05) is 42.3 Å². The SMILES string of the molecule is COc1ccc(S(=O)(=O)N2CCCCC2)cc1NC(=O)c1cccc(OCc2ccccc2Cl)c1. The van der Waals surface area contributed by atoms with Gasteiger partial charge in [0.25, 0.3) is 5.91 Å². The summed E-state index contributed by atoms with van der Waals surface area (Å²) in [5, 5.41) is 3.38. The van der Waals surface area contributed by atoms with E-state index in [1.807, 2.05) is 18.2 Å². The summed E-state index contributed by atoms with van der Waals surface area (Å²) in [4.78, 5) is 13.1. The Bertz CT molecular complexity index is 1310. The highest BCUT2D eigenvalue weighted by atomic mass is 35.5. The molecule has 3 aromatic carbocycles. The van der Waals surface area contributed by atoms with E-state index < -0.39 is 15.9 Å². The molecule has 1 heterocycles. The number of anilines is 1. The number of hydrogen-bond acceptors (Lipinski definition) is 5. The van der Waals surface area contributed by atoms with Crippen molar-refractivity contribution in [3.05, 3.63) is 82.9 Å². The number of amides is 1. The molecule has 0 aliphatic carbocycles. The Kier molecular flexibility index (Phi) is 7.95. The smallest absolute Gasteiger partial charge is 0.255 e. The molecule has 1 fully saturated rings. The van der Waals surface area contributed by atoms with Crippen LogP contribution >= 0.6 is 11.6 Å². The van der Waals surface area contributed by atoms with Crippen molar-refractivity contribution >= 4 is 33.2 Å². The van der Waals surface area contributed by atoms with Crippen molar-refractivity contribution in [3.8, 4) is 11.5 Å². The molecular weight excluding hydrogens is 488 g/mol. The lowest BCUT2D eigenvalue weighted by atomic mass is 10.2. The molecule has 0 atom stereocenters. The number of carbonyl (C=O) groups excluding carboxylic acids is 1. The van der Waals surface area contributed by atoms with Crippen LogP contribution < -0.4 is 14.8 Å². The number of nitrogens with one attached hydrogen (secondary N) is 1. The Hall–Kier alpha value is -3.07. The van der Waals surface area contributed by atoms with E-state index in [0.29, 0.717) is 35.2 Å². The lowest BCUT2D eigenvalue weighted by Crippen LogP contribution is -2.35. The normalized spacial score (nSPS) is 14.3. The van der Waals surface area contributed by atoms with Crippen LogP contribution in [0.3, 0.4) is 0 Å². The maximum Gasteiger partial charge on any atom is 0.255 e. The minimum absolute atomic E-state index is 0.118. The molecule has 9 heteroatoms. The molecule has 1 amide bonds. The quantitative estimate of drug-likeness (QED) is 0.437. The number of ether oxygens (including phenoxy) is 2. The van der Waals surface area contributed by atoms with Gasteiger partial charge in [0.05, 0.1) is 17.7 Å². The van der Waals surface area contributed by atoms with Crippen LogP contribution in [-0.2, 0) is 16.6 Å². The fourth-order valence-corrected chi connectivity index (χ4v) is 5.63. The summed E-state index contributed by atoms with van der Waals surface area (Å²) < 4.78 is 38.9. The Labute approximate surface area is 210 Å².